The maximum atomic E-state index is 13.0. The molecule has 1 aliphatic heterocycles. The number of ether oxygens (including phenoxy) is 1. The number of rotatable bonds is 7. The molecule has 1 amide bonds. The predicted molar refractivity (Wildman–Crippen MR) is 124 cm³/mol. The lowest BCUT2D eigenvalue weighted by Gasteiger charge is -2.37. The molecule has 0 unspecified atom stereocenters. The SMILES string of the molecule is CO[C@@H](C(=O)N1CCN(c2ccc(S(=O)(=O)Nc3ccncn3)cc2)CC1)c1ccccc1. The van der Waals surface area contributed by atoms with Gasteiger partial charge in [0.2, 0.25) is 0 Å². The highest BCUT2D eigenvalue weighted by Crippen LogP contribution is 2.23. The molecule has 1 N–H and O–H groups in total. The van der Waals surface area contributed by atoms with Gasteiger partial charge in [0.05, 0.1) is 4.90 Å². The molecule has 0 radical (unpaired) electrons. The van der Waals surface area contributed by atoms with E-state index in [0.717, 1.165) is 11.3 Å². The Morgan fingerprint density at radius 2 is 1.70 bits per heavy atom. The first-order valence-electron chi connectivity index (χ1n) is 10.5. The molecule has 33 heavy (non-hydrogen) atoms. The van der Waals surface area contributed by atoms with Crippen molar-refractivity contribution in [2.45, 2.75) is 11.0 Å². The number of hydrogen-bond donors (Lipinski definition) is 1. The van der Waals surface area contributed by atoms with Crippen molar-refractivity contribution in [3.05, 3.63) is 78.8 Å². The molecule has 0 spiro atoms. The van der Waals surface area contributed by atoms with E-state index in [4.69, 9.17) is 4.74 Å². The van der Waals surface area contributed by atoms with Gasteiger partial charge in [0, 0.05) is 45.2 Å². The molecule has 1 fully saturated rings. The maximum absolute atomic E-state index is 13.0. The number of hydrogen-bond acceptors (Lipinski definition) is 7. The van der Waals surface area contributed by atoms with E-state index in [2.05, 4.69) is 19.6 Å². The van der Waals surface area contributed by atoms with Crippen molar-refractivity contribution in [2.24, 2.45) is 0 Å². The van der Waals surface area contributed by atoms with E-state index >= 15 is 0 Å². The third kappa shape index (κ3) is 5.29. The molecule has 0 bridgehead atoms. The summed E-state index contributed by atoms with van der Waals surface area (Å²) in [5.41, 5.74) is 1.73. The molecule has 4 rings (SSSR count). The Labute approximate surface area is 193 Å². The van der Waals surface area contributed by atoms with Crippen LogP contribution >= 0.6 is 0 Å². The number of nitrogens with one attached hydrogen (secondary N) is 1. The topological polar surface area (TPSA) is 105 Å². The number of sulfonamides is 1. The zero-order chi connectivity index (χ0) is 23.3. The molecular weight excluding hydrogens is 442 g/mol. The van der Waals surface area contributed by atoms with Crippen molar-refractivity contribution >= 4 is 27.4 Å². The predicted octanol–water partition coefficient (Wildman–Crippen LogP) is 2.31. The van der Waals surface area contributed by atoms with E-state index in [1.165, 1.54) is 18.6 Å². The highest BCUT2D eigenvalue weighted by molar-refractivity contribution is 7.92. The van der Waals surface area contributed by atoms with Gasteiger partial charge in [0.25, 0.3) is 15.9 Å². The number of piperazine rings is 1. The van der Waals surface area contributed by atoms with E-state index in [9.17, 15) is 13.2 Å². The Hall–Kier alpha value is -3.50. The summed E-state index contributed by atoms with van der Waals surface area (Å²) in [6.07, 6.45) is 2.12. The largest absolute Gasteiger partial charge is 0.368 e. The number of amides is 1. The van der Waals surface area contributed by atoms with Crippen LogP contribution in [-0.4, -0.2) is 62.5 Å². The lowest BCUT2D eigenvalue weighted by Crippen LogP contribution is -2.50. The highest BCUT2D eigenvalue weighted by Gasteiger charge is 2.28. The number of nitrogens with zero attached hydrogens (tertiary/aromatic N) is 4. The minimum atomic E-state index is -3.75. The lowest BCUT2D eigenvalue weighted by atomic mass is 10.1. The Morgan fingerprint density at radius 3 is 2.30 bits per heavy atom. The molecule has 1 saturated heterocycles. The monoisotopic (exact) mass is 467 g/mol. The summed E-state index contributed by atoms with van der Waals surface area (Å²) in [6, 6.07) is 17.6. The third-order valence-electron chi connectivity index (χ3n) is 5.49. The van der Waals surface area contributed by atoms with Crippen LogP contribution in [0.15, 0.2) is 78.1 Å². The van der Waals surface area contributed by atoms with Crippen LogP contribution in [0.1, 0.15) is 11.7 Å². The molecule has 1 aliphatic rings. The minimum absolute atomic E-state index is 0.0550. The Balaban J connectivity index is 1.37. The van der Waals surface area contributed by atoms with Crippen molar-refractivity contribution in [3.63, 3.8) is 0 Å². The summed E-state index contributed by atoms with van der Waals surface area (Å²) < 4.78 is 33.1. The minimum Gasteiger partial charge on any atom is -0.368 e. The fraction of sp³-hybridized carbons (Fsp3) is 0.261. The molecule has 10 heteroatoms. The summed E-state index contributed by atoms with van der Waals surface area (Å²) in [7, 11) is -2.20. The summed E-state index contributed by atoms with van der Waals surface area (Å²) >= 11 is 0. The molecule has 3 aromatic rings. The number of methoxy groups -OCH3 is 1. The summed E-state index contributed by atoms with van der Waals surface area (Å²) in [4.78, 5) is 24.7. The second-order valence-corrected chi connectivity index (χ2v) is 9.22. The van der Waals surface area contributed by atoms with Gasteiger partial charge in [-0.1, -0.05) is 30.3 Å². The fourth-order valence-corrected chi connectivity index (χ4v) is 4.75. The van der Waals surface area contributed by atoms with E-state index in [-0.39, 0.29) is 16.6 Å². The molecule has 2 aromatic carbocycles. The molecule has 172 valence electrons. The van der Waals surface area contributed by atoms with Gasteiger partial charge in [-0.3, -0.25) is 9.52 Å². The average molecular weight is 468 g/mol. The van der Waals surface area contributed by atoms with Crippen LogP contribution in [0.3, 0.4) is 0 Å². The van der Waals surface area contributed by atoms with Crippen LogP contribution in [0.25, 0.3) is 0 Å². The van der Waals surface area contributed by atoms with Crippen molar-refractivity contribution in [2.75, 3.05) is 42.9 Å². The quantitative estimate of drug-likeness (QED) is 0.569. The van der Waals surface area contributed by atoms with Gasteiger partial charge in [0.1, 0.15) is 12.1 Å². The molecule has 0 saturated carbocycles. The highest BCUT2D eigenvalue weighted by atomic mass is 32.2. The molecular formula is C23H25N5O4S. The molecule has 1 atom stereocenters. The van der Waals surface area contributed by atoms with Gasteiger partial charge in [-0.25, -0.2) is 18.4 Å². The zero-order valence-electron chi connectivity index (χ0n) is 18.2. The summed E-state index contributed by atoms with van der Waals surface area (Å²) in [5.74, 6) is 0.153. The van der Waals surface area contributed by atoms with E-state index < -0.39 is 16.1 Å². The van der Waals surface area contributed by atoms with Gasteiger partial charge in [-0.2, -0.15) is 0 Å². The number of carbonyl (C=O) groups excluding carboxylic acids is 1. The number of anilines is 2. The number of benzene rings is 2. The van der Waals surface area contributed by atoms with Crippen molar-refractivity contribution in [1.29, 1.82) is 0 Å². The summed E-state index contributed by atoms with van der Waals surface area (Å²) in [5, 5.41) is 0. The standard InChI is InChI=1S/C23H25N5O4S/c1-32-22(18-5-3-2-4-6-18)23(29)28-15-13-27(14-16-28)19-7-9-20(10-8-19)33(30,31)26-21-11-12-24-17-25-21/h2-12,17,22H,13-16H2,1H3,(H,24,25,26)/t22-/m1/s1. The third-order valence-corrected chi connectivity index (χ3v) is 6.86. The van der Waals surface area contributed by atoms with Gasteiger partial charge < -0.3 is 14.5 Å². The van der Waals surface area contributed by atoms with Gasteiger partial charge in [-0.15, -0.1) is 0 Å². The molecule has 9 nitrogen and oxygen atoms in total. The first-order valence-corrected chi connectivity index (χ1v) is 12.0. The normalized spacial score (nSPS) is 15.2. The van der Waals surface area contributed by atoms with E-state index in [1.807, 2.05) is 35.2 Å². The van der Waals surface area contributed by atoms with Crippen LogP contribution in [0.4, 0.5) is 11.5 Å². The van der Waals surface area contributed by atoms with E-state index in [1.54, 1.807) is 31.4 Å². The Kier molecular flexibility index (Phi) is 6.85. The second-order valence-electron chi connectivity index (χ2n) is 7.53. The summed E-state index contributed by atoms with van der Waals surface area (Å²) in [6.45, 7) is 2.40. The van der Waals surface area contributed by atoms with Crippen LogP contribution in [-0.2, 0) is 19.6 Å². The molecule has 0 aliphatic carbocycles. The van der Waals surface area contributed by atoms with Gasteiger partial charge in [0.15, 0.2) is 6.10 Å². The Bertz CT molecular complexity index is 1170. The van der Waals surface area contributed by atoms with Crippen LogP contribution in [0.5, 0.6) is 0 Å². The van der Waals surface area contributed by atoms with Crippen LogP contribution < -0.4 is 9.62 Å². The first-order chi connectivity index (χ1) is 16.0. The van der Waals surface area contributed by atoms with Crippen LogP contribution in [0, 0.1) is 0 Å². The van der Waals surface area contributed by atoms with Crippen molar-refractivity contribution < 1.29 is 17.9 Å². The fourth-order valence-electron chi connectivity index (χ4n) is 3.74. The second kappa shape index (κ2) is 9.97. The smallest absolute Gasteiger partial charge is 0.263 e. The lowest BCUT2D eigenvalue weighted by molar-refractivity contribution is -0.142. The van der Waals surface area contributed by atoms with Gasteiger partial charge >= 0.3 is 0 Å². The number of aromatic nitrogens is 2. The van der Waals surface area contributed by atoms with Crippen LogP contribution in [0.2, 0.25) is 0 Å². The van der Waals surface area contributed by atoms with E-state index in [0.29, 0.717) is 26.2 Å². The van der Waals surface area contributed by atoms with Gasteiger partial charge in [-0.05, 0) is 35.9 Å². The van der Waals surface area contributed by atoms with Crippen molar-refractivity contribution in [1.82, 2.24) is 14.9 Å². The molecule has 2 heterocycles. The number of carbonyl (C=O) groups is 1. The van der Waals surface area contributed by atoms with Crippen molar-refractivity contribution in [3.8, 4) is 0 Å². The molecule has 1 aromatic heterocycles. The maximum Gasteiger partial charge on any atom is 0.263 e. The average Bonchev–Trinajstić information content (AvgIpc) is 2.86. The Morgan fingerprint density at radius 1 is 1.00 bits per heavy atom. The first kappa shape index (κ1) is 22.7. The zero-order valence-corrected chi connectivity index (χ0v) is 19.0.